The fourth-order valence-electron chi connectivity index (χ4n) is 3.49. The van der Waals surface area contributed by atoms with Crippen molar-refractivity contribution in [2.75, 3.05) is 19.6 Å². The first kappa shape index (κ1) is 14.9. The lowest BCUT2D eigenvalue weighted by molar-refractivity contribution is 0.0218. The van der Waals surface area contributed by atoms with Crippen LogP contribution in [0, 0.1) is 0 Å². The molecular formula is C19H19BrN2O. The number of rotatable bonds is 2. The van der Waals surface area contributed by atoms with Crippen LogP contribution in [0.3, 0.4) is 0 Å². The first-order valence-corrected chi connectivity index (χ1v) is 8.86. The number of halogens is 1. The zero-order chi connectivity index (χ0) is 15.8. The Balaban J connectivity index is 1.38. The van der Waals surface area contributed by atoms with Crippen molar-refractivity contribution >= 4 is 21.8 Å². The van der Waals surface area contributed by atoms with E-state index in [0.717, 1.165) is 42.6 Å². The van der Waals surface area contributed by atoms with E-state index >= 15 is 0 Å². The maximum Gasteiger partial charge on any atom is 0.254 e. The number of hydrogen-bond donors (Lipinski definition) is 0. The number of likely N-dealkylation sites (tertiary alicyclic amines) is 1. The number of fused-ring (bicyclic) bond motifs is 1. The van der Waals surface area contributed by atoms with Gasteiger partial charge in [-0.2, -0.15) is 0 Å². The summed E-state index contributed by atoms with van der Waals surface area (Å²) in [6, 6.07) is 16.8. The van der Waals surface area contributed by atoms with E-state index in [2.05, 4.69) is 45.1 Å². The predicted molar refractivity (Wildman–Crippen MR) is 94.4 cm³/mol. The molecule has 23 heavy (non-hydrogen) atoms. The Bertz CT molecular complexity index is 740. The fraction of sp³-hybridized carbons (Fsp3) is 0.316. The molecule has 2 aromatic carbocycles. The van der Waals surface area contributed by atoms with Gasteiger partial charge in [0.1, 0.15) is 0 Å². The van der Waals surface area contributed by atoms with Crippen molar-refractivity contribution in [1.82, 2.24) is 9.80 Å². The number of amides is 1. The van der Waals surface area contributed by atoms with Crippen LogP contribution in [0.2, 0.25) is 0 Å². The Morgan fingerprint density at radius 2 is 1.83 bits per heavy atom. The molecule has 2 aliphatic heterocycles. The van der Waals surface area contributed by atoms with Crippen molar-refractivity contribution in [2.24, 2.45) is 0 Å². The highest BCUT2D eigenvalue weighted by Crippen LogP contribution is 2.25. The van der Waals surface area contributed by atoms with E-state index in [4.69, 9.17) is 0 Å². The summed E-state index contributed by atoms with van der Waals surface area (Å²) in [5.74, 6) is 0.139. The van der Waals surface area contributed by atoms with E-state index in [0.29, 0.717) is 6.04 Å². The topological polar surface area (TPSA) is 23.6 Å². The minimum absolute atomic E-state index is 0.139. The fourth-order valence-corrected chi connectivity index (χ4v) is 3.88. The Morgan fingerprint density at radius 3 is 2.61 bits per heavy atom. The average Bonchev–Trinajstić information content (AvgIpc) is 2.53. The Kier molecular flexibility index (Phi) is 3.95. The average molecular weight is 371 g/mol. The zero-order valence-corrected chi connectivity index (χ0v) is 14.5. The number of nitrogens with zero attached hydrogens (tertiary/aromatic N) is 2. The minimum atomic E-state index is 0.139. The second-order valence-electron chi connectivity index (χ2n) is 6.36. The van der Waals surface area contributed by atoms with Crippen molar-refractivity contribution in [3.8, 4) is 0 Å². The molecule has 4 rings (SSSR count). The molecular weight excluding hydrogens is 352 g/mol. The third kappa shape index (κ3) is 2.93. The van der Waals surface area contributed by atoms with Gasteiger partial charge in [0.05, 0.1) is 0 Å². The van der Waals surface area contributed by atoms with Gasteiger partial charge in [-0.25, -0.2) is 0 Å². The molecule has 0 spiro atoms. The second-order valence-corrected chi connectivity index (χ2v) is 7.28. The van der Waals surface area contributed by atoms with Crippen LogP contribution in [-0.4, -0.2) is 41.4 Å². The summed E-state index contributed by atoms with van der Waals surface area (Å²) in [5, 5.41) is 0. The molecule has 0 radical (unpaired) electrons. The van der Waals surface area contributed by atoms with Crippen molar-refractivity contribution in [1.29, 1.82) is 0 Å². The zero-order valence-electron chi connectivity index (χ0n) is 12.9. The highest BCUT2D eigenvalue weighted by Gasteiger charge is 2.36. The van der Waals surface area contributed by atoms with E-state index < -0.39 is 0 Å². The third-order valence-electron chi connectivity index (χ3n) is 4.90. The number of benzene rings is 2. The van der Waals surface area contributed by atoms with Gasteiger partial charge in [0.15, 0.2) is 0 Å². The van der Waals surface area contributed by atoms with E-state index in [1.54, 1.807) is 0 Å². The summed E-state index contributed by atoms with van der Waals surface area (Å²) in [4.78, 5) is 17.0. The summed E-state index contributed by atoms with van der Waals surface area (Å²) in [5.41, 5.74) is 3.68. The molecule has 1 fully saturated rings. The van der Waals surface area contributed by atoms with Crippen LogP contribution in [0.1, 0.15) is 21.5 Å². The summed E-state index contributed by atoms with van der Waals surface area (Å²) in [6.07, 6.45) is 1.12. The SMILES string of the molecule is O=C(c1cccc(Br)c1)N1CC(N2CCc3ccccc3C2)C1. The summed E-state index contributed by atoms with van der Waals surface area (Å²) in [6.45, 7) is 3.79. The van der Waals surface area contributed by atoms with Gasteiger partial charge >= 0.3 is 0 Å². The minimum Gasteiger partial charge on any atom is -0.335 e. The number of hydrogen-bond acceptors (Lipinski definition) is 2. The molecule has 0 unspecified atom stereocenters. The molecule has 1 amide bonds. The van der Waals surface area contributed by atoms with Gasteiger partial charge in [0, 0.05) is 42.3 Å². The number of carbonyl (C=O) groups excluding carboxylic acids is 1. The highest BCUT2D eigenvalue weighted by atomic mass is 79.9. The lowest BCUT2D eigenvalue weighted by atomic mass is 9.96. The maximum atomic E-state index is 12.5. The quantitative estimate of drug-likeness (QED) is 0.809. The molecule has 4 heteroatoms. The summed E-state index contributed by atoms with van der Waals surface area (Å²) >= 11 is 3.43. The van der Waals surface area contributed by atoms with Crippen LogP contribution in [-0.2, 0) is 13.0 Å². The van der Waals surface area contributed by atoms with E-state index in [9.17, 15) is 4.79 Å². The van der Waals surface area contributed by atoms with Gasteiger partial charge < -0.3 is 4.90 Å². The molecule has 0 bridgehead atoms. The molecule has 0 atom stereocenters. The van der Waals surface area contributed by atoms with Crippen molar-refractivity contribution in [2.45, 2.75) is 19.0 Å². The first-order valence-electron chi connectivity index (χ1n) is 8.06. The van der Waals surface area contributed by atoms with Gasteiger partial charge in [-0.05, 0) is 35.7 Å². The van der Waals surface area contributed by atoms with Gasteiger partial charge in [0.2, 0.25) is 0 Å². The highest BCUT2D eigenvalue weighted by molar-refractivity contribution is 9.10. The molecule has 1 saturated heterocycles. The largest absolute Gasteiger partial charge is 0.335 e. The molecule has 0 N–H and O–H groups in total. The Labute approximate surface area is 145 Å². The van der Waals surface area contributed by atoms with Crippen molar-refractivity contribution in [3.05, 3.63) is 69.7 Å². The van der Waals surface area contributed by atoms with Gasteiger partial charge in [-0.3, -0.25) is 9.69 Å². The Morgan fingerprint density at radius 1 is 1.04 bits per heavy atom. The van der Waals surface area contributed by atoms with Crippen LogP contribution in [0.25, 0.3) is 0 Å². The molecule has 3 nitrogen and oxygen atoms in total. The number of carbonyl (C=O) groups is 1. The molecule has 2 heterocycles. The second kappa shape index (κ2) is 6.10. The van der Waals surface area contributed by atoms with Crippen LogP contribution >= 0.6 is 15.9 Å². The normalized spacial score (nSPS) is 18.4. The van der Waals surface area contributed by atoms with Gasteiger partial charge in [-0.15, -0.1) is 0 Å². The summed E-state index contributed by atoms with van der Waals surface area (Å²) < 4.78 is 0.952. The Hall–Kier alpha value is -1.65. The monoisotopic (exact) mass is 370 g/mol. The van der Waals surface area contributed by atoms with E-state index in [1.807, 2.05) is 29.2 Å². The maximum absolute atomic E-state index is 12.5. The van der Waals surface area contributed by atoms with Crippen LogP contribution in [0.15, 0.2) is 53.0 Å². The van der Waals surface area contributed by atoms with Crippen molar-refractivity contribution in [3.63, 3.8) is 0 Å². The molecule has 0 aromatic heterocycles. The van der Waals surface area contributed by atoms with E-state index in [-0.39, 0.29) is 5.91 Å². The molecule has 0 saturated carbocycles. The third-order valence-corrected chi connectivity index (χ3v) is 5.39. The smallest absolute Gasteiger partial charge is 0.254 e. The van der Waals surface area contributed by atoms with Gasteiger partial charge in [-0.1, -0.05) is 46.3 Å². The van der Waals surface area contributed by atoms with Crippen LogP contribution < -0.4 is 0 Å². The summed E-state index contributed by atoms with van der Waals surface area (Å²) in [7, 11) is 0. The standard InChI is InChI=1S/C19H19BrN2O/c20-17-7-3-6-15(10-17)19(23)22-12-18(13-22)21-9-8-14-4-1-2-5-16(14)11-21/h1-7,10,18H,8-9,11-13H2. The lowest BCUT2D eigenvalue weighted by Crippen LogP contribution is -2.61. The van der Waals surface area contributed by atoms with Gasteiger partial charge in [0.25, 0.3) is 5.91 Å². The molecule has 2 aliphatic rings. The lowest BCUT2D eigenvalue weighted by Gasteiger charge is -2.47. The van der Waals surface area contributed by atoms with Crippen molar-refractivity contribution < 1.29 is 4.79 Å². The molecule has 0 aliphatic carbocycles. The van der Waals surface area contributed by atoms with Crippen LogP contribution in [0.4, 0.5) is 0 Å². The van der Waals surface area contributed by atoms with E-state index in [1.165, 1.54) is 11.1 Å². The molecule has 2 aromatic rings. The van der Waals surface area contributed by atoms with Crippen LogP contribution in [0.5, 0.6) is 0 Å². The first-order chi connectivity index (χ1) is 11.2. The predicted octanol–water partition coefficient (Wildman–Crippen LogP) is 3.33. The molecule has 118 valence electrons.